The summed E-state index contributed by atoms with van der Waals surface area (Å²) in [5.74, 6) is 0.537. The second-order valence-electron chi connectivity index (χ2n) is 5.30. The number of amides is 1. The van der Waals surface area contributed by atoms with Crippen LogP contribution < -0.4 is 10.6 Å². The highest BCUT2D eigenvalue weighted by Crippen LogP contribution is 2.35. The van der Waals surface area contributed by atoms with Crippen molar-refractivity contribution in [2.45, 2.75) is 23.1 Å². The summed E-state index contributed by atoms with van der Waals surface area (Å²) in [6.45, 7) is 2.27. The second kappa shape index (κ2) is 9.16. The molecule has 0 bridgehead atoms. The molecule has 0 fully saturated rings. The molecular formula is C16H13Cl3N4O2S2. The third kappa shape index (κ3) is 5.52. The average molecular weight is 464 g/mol. The molecule has 0 aliphatic carbocycles. The molecule has 27 heavy (non-hydrogen) atoms. The molecule has 0 aliphatic rings. The first-order chi connectivity index (χ1) is 12.9. The lowest BCUT2D eigenvalue weighted by Gasteiger charge is -2.13. The molecule has 11 heteroatoms. The Labute approximate surface area is 178 Å². The van der Waals surface area contributed by atoms with Gasteiger partial charge in [-0.1, -0.05) is 57.9 Å². The summed E-state index contributed by atoms with van der Waals surface area (Å²) in [5, 5.41) is 15.1. The first-order valence-electron chi connectivity index (χ1n) is 7.64. The fourth-order valence-corrected chi connectivity index (χ4v) is 4.80. The van der Waals surface area contributed by atoms with Crippen molar-refractivity contribution in [1.29, 1.82) is 0 Å². The van der Waals surface area contributed by atoms with Crippen LogP contribution >= 0.6 is 57.9 Å². The lowest BCUT2D eigenvalue weighted by atomic mass is 10.3. The molecular weight excluding hydrogens is 451 g/mol. The highest BCUT2D eigenvalue weighted by atomic mass is 35.5. The van der Waals surface area contributed by atoms with E-state index in [1.54, 1.807) is 13.2 Å². The van der Waals surface area contributed by atoms with Gasteiger partial charge in [0.15, 0.2) is 4.34 Å². The maximum atomic E-state index is 12.4. The summed E-state index contributed by atoms with van der Waals surface area (Å²) in [6.07, 6.45) is 1.61. The number of halogens is 3. The number of furan rings is 1. The van der Waals surface area contributed by atoms with Crippen molar-refractivity contribution in [3.05, 3.63) is 51.4 Å². The summed E-state index contributed by atoms with van der Waals surface area (Å²) in [7, 11) is 0. The van der Waals surface area contributed by atoms with Crippen LogP contribution in [0.4, 0.5) is 10.8 Å². The molecule has 142 valence electrons. The summed E-state index contributed by atoms with van der Waals surface area (Å²) in [5.41, 5.74) is 0.332. The van der Waals surface area contributed by atoms with E-state index in [-0.39, 0.29) is 16.0 Å². The lowest BCUT2D eigenvalue weighted by molar-refractivity contribution is -0.115. The minimum atomic E-state index is -0.432. The number of benzene rings is 1. The minimum Gasteiger partial charge on any atom is -0.467 e. The van der Waals surface area contributed by atoms with Gasteiger partial charge < -0.3 is 15.1 Å². The Kier molecular flexibility index (Phi) is 6.88. The zero-order valence-corrected chi connectivity index (χ0v) is 17.7. The third-order valence-electron chi connectivity index (χ3n) is 3.30. The molecule has 3 aromatic rings. The molecule has 2 heterocycles. The Hall–Kier alpha value is -1.45. The summed E-state index contributed by atoms with van der Waals surface area (Å²) in [6, 6.07) is 6.72. The number of carbonyl (C=O) groups excluding carboxylic acids is 1. The van der Waals surface area contributed by atoms with Crippen LogP contribution in [0.2, 0.25) is 15.1 Å². The Balaban J connectivity index is 1.57. The number of aromatic nitrogens is 2. The fraction of sp³-hybridized carbons (Fsp3) is 0.188. The second-order valence-corrected chi connectivity index (χ2v) is 9.12. The van der Waals surface area contributed by atoms with Crippen molar-refractivity contribution in [1.82, 2.24) is 10.2 Å². The van der Waals surface area contributed by atoms with Gasteiger partial charge in [0.1, 0.15) is 5.76 Å². The molecule has 0 saturated carbocycles. The number of hydrogen-bond donors (Lipinski definition) is 2. The first kappa shape index (κ1) is 20.3. The van der Waals surface area contributed by atoms with E-state index in [0.717, 1.165) is 5.76 Å². The van der Waals surface area contributed by atoms with Gasteiger partial charge in [-0.25, -0.2) is 0 Å². The fourth-order valence-electron chi connectivity index (χ4n) is 2.00. The number of rotatable bonds is 7. The van der Waals surface area contributed by atoms with Gasteiger partial charge in [0.25, 0.3) is 0 Å². The molecule has 0 saturated heterocycles. The van der Waals surface area contributed by atoms with Gasteiger partial charge in [-0.3, -0.25) is 4.79 Å². The van der Waals surface area contributed by atoms with Crippen LogP contribution in [-0.2, 0) is 11.3 Å². The normalized spacial score (nSPS) is 12.0. The topological polar surface area (TPSA) is 80.1 Å². The molecule has 0 aliphatic heterocycles. The zero-order valence-electron chi connectivity index (χ0n) is 13.8. The van der Waals surface area contributed by atoms with Gasteiger partial charge in [0, 0.05) is 5.02 Å². The summed E-state index contributed by atoms with van der Waals surface area (Å²) < 4.78 is 5.91. The van der Waals surface area contributed by atoms with Gasteiger partial charge in [-0.05, 0) is 31.2 Å². The minimum absolute atomic E-state index is 0.258. The van der Waals surface area contributed by atoms with Crippen molar-refractivity contribution in [2.24, 2.45) is 0 Å². The van der Waals surface area contributed by atoms with Crippen molar-refractivity contribution in [3.8, 4) is 0 Å². The molecule has 1 amide bonds. The molecule has 0 spiro atoms. The molecule has 6 nitrogen and oxygen atoms in total. The van der Waals surface area contributed by atoms with E-state index in [9.17, 15) is 4.79 Å². The van der Waals surface area contributed by atoms with E-state index in [2.05, 4.69) is 20.8 Å². The number of nitrogens with zero attached hydrogens (tertiary/aromatic N) is 2. The van der Waals surface area contributed by atoms with Gasteiger partial charge in [-0.15, -0.1) is 10.2 Å². The summed E-state index contributed by atoms with van der Waals surface area (Å²) >= 11 is 20.7. The van der Waals surface area contributed by atoms with Gasteiger partial charge >= 0.3 is 0 Å². The van der Waals surface area contributed by atoms with Crippen LogP contribution in [0, 0.1) is 0 Å². The number of anilines is 2. The first-order valence-corrected chi connectivity index (χ1v) is 10.5. The lowest BCUT2D eigenvalue weighted by Crippen LogP contribution is -2.22. The molecule has 3 rings (SSSR count). The van der Waals surface area contributed by atoms with E-state index in [4.69, 9.17) is 39.2 Å². The van der Waals surface area contributed by atoms with Crippen LogP contribution in [0.25, 0.3) is 0 Å². The molecule has 2 N–H and O–H groups in total. The van der Waals surface area contributed by atoms with E-state index in [1.807, 2.05) is 12.1 Å². The Morgan fingerprint density at radius 2 is 2.04 bits per heavy atom. The Bertz CT molecular complexity index is 911. The van der Waals surface area contributed by atoms with E-state index >= 15 is 0 Å². The standard InChI is InChI=1S/C16H13Cl3N4O2S2/c1-8(14(24)21-13-11(18)5-9(17)6-12(13)19)26-16-23-22-15(27-16)20-7-10-3-2-4-25-10/h2-6,8H,7H2,1H3,(H,20,22)(H,21,24). The van der Waals surface area contributed by atoms with E-state index < -0.39 is 5.25 Å². The molecule has 2 aromatic heterocycles. The number of hydrogen-bond acceptors (Lipinski definition) is 7. The third-order valence-corrected chi connectivity index (χ3v) is 6.18. The number of carbonyl (C=O) groups is 1. The smallest absolute Gasteiger partial charge is 0.237 e. The van der Waals surface area contributed by atoms with E-state index in [1.165, 1.54) is 35.2 Å². The SMILES string of the molecule is CC(Sc1nnc(NCc2ccco2)s1)C(=O)Nc1c(Cl)cc(Cl)cc1Cl. The van der Waals surface area contributed by atoms with Crippen LogP contribution in [-0.4, -0.2) is 21.4 Å². The molecule has 1 atom stereocenters. The van der Waals surface area contributed by atoms with Gasteiger partial charge in [-0.2, -0.15) is 0 Å². The predicted molar refractivity (Wildman–Crippen MR) is 111 cm³/mol. The summed E-state index contributed by atoms with van der Waals surface area (Å²) in [4.78, 5) is 12.4. The van der Waals surface area contributed by atoms with E-state index in [0.29, 0.717) is 26.7 Å². The van der Waals surface area contributed by atoms with Crippen molar-refractivity contribution >= 4 is 74.6 Å². The van der Waals surface area contributed by atoms with Gasteiger partial charge in [0.05, 0.1) is 33.8 Å². The van der Waals surface area contributed by atoms with Crippen molar-refractivity contribution in [2.75, 3.05) is 10.6 Å². The predicted octanol–water partition coefficient (Wildman–Crippen LogP) is 5.82. The van der Waals surface area contributed by atoms with Crippen molar-refractivity contribution in [3.63, 3.8) is 0 Å². The monoisotopic (exact) mass is 462 g/mol. The van der Waals surface area contributed by atoms with Gasteiger partial charge in [0.2, 0.25) is 11.0 Å². The highest BCUT2D eigenvalue weighted by Gasteiger charge is 2.20. The average Bonchev–Trinajstić information content (AvgIpc) is 3.27. The zero-order chi connectivity index (χ0) is 19.4. The maximum absolute atomic E-state index is 12.4. The van der Waals surface area contributed by atoms with Crippen LogP contribution in [0.3, 0.4) is 0 Å². The van der Waals surface area contributed by atoms with Crippen LogP contribution in [0.15, 0.2) is 39.3 Å². The van der Waals surface area contributed by atoms with Crippen LogP contribution in [0.5, 0.6) is 0 Å². The Morgan fingerprint density at radius 1 is 1.30 bits per heavy atom. The largest absolute Gasteiger partial charge is 0.467 e. The quantitative estimate of drug-likeness (QED) is 0.430. The Morgan fingerprint density at radius 3 is 2.70 bits per heavy atom. The number of nitrogens with one attached hydrogen (secondary N) is 2. The number of thioether (sulfide) groups is 1. The molecule has 1 unspecified atom stereocenters. The van der Waals surface area contributed by atoms with Crippen LogP contribution in [0.1, 0.15) is 12.7 Å². The highest BCUT2D eigenvalue weighted by molar-refractivity contribution is 8.02. The molecule has 1 aromatic carbocycles. The van der Waals surface area contributed by atoms with Crippen molar-refractivity contribution < 1.29 is 9.21 Å². The maximum Gasteiger partial charge on any atom is 0.237 e. The molecule has 0 radical (unpaired) electrons.